The van der Waals surface area contributed by atoms with E-state index in [0.717, 1.165) is 12.8 Å². The first-order chi connectivity index (χ1) is 8.32. The van der Waals surface area contributed by atoms with Crippen molar-refractivity contribution in [1.29, 1.82) is 0 Å². The first kappa shape index (κ1) is 17.4. The van der Waals surface area contributed by atoms with Crippen molar-refractivity contribution in [1.82, 2.24) is 4.90 Å². The van der Waals surface area contributed by atoms with E-state index in [1.165, 1.54) is 0 Å². The van der Waals surface area contributed by atoms with Gasteiger partial charge in [0.05, 0.1) is 5.75 Å². The number of hydrogen-bond acceptors (Lipinski definition) is 4. The number of sulfone groups is 1. The minimum Gasteiger partial charge on any atom is -0.342 e. The molecule has 108 valence electrons. The van der Waals surface area contributed by atoms with Gasteiger partial charge >= 0.3 is 0 Å². The van der Waals surface area contributed by atoms with Gasteiger partial charge in [0.25, 0.3) is 0 Å². The van der Waals surface area contributed by atoms with Gasteiger partial charge in [-0.05, 0) is 33.6 Å². The Bertz CT molecular complexity index is 335. The van der Waals surface area contributed by atoms with E-state index >= 15 is 0 Å². The molecular formula is C12H26N2O3S. The van der Waals surface area contributed by atoms with Crippen molar-refractivity contribution >= 4 is 15.7 Å². The normalized spacial score (nSPS) is 13.3. The van der Waals surface area contributed by atoms with E-state index < -0.39 is 9.84 Å². The summed E-state index contributed by atoms with van der Waals surface area (Å²) in [4.78, 5) is 13.2. The molecule has 0 heterocycles. The Morgan fingerprint density at radius 3 is 2.22 bits per heavy atom. The number of carbonyl (C=O) groups is 1. The Morgan fingerprint density at radius 1 is 1.22 bits per heavy atom. The third kappa shape index (κ3) is 7.66. The second kappa shape index (κ2) is 8.48. The second-order valence-electron chi connectivity index (χ2n) is 4.63. The molecule has 0 bridgehead atoms. The molecule has 1 atom stereocenters. The maximum atomic E-state index is 11.7. The zero-order chi connectivity index (χ0) is 14.2. The average molecular weight is 278 g/mol. The molecule has 0 aromatic heterocycles. The van der Waals surface area contributed by atoms with Crippen molar-refractivity contribution in [2.24, 2.45) is 5.73 Å². The first-order valence-corrected chi connectivity index (χ1v) is 8.38. The van der Waals surface area contributed by atoms with Crippen LogP contribution in [0.15, 0.2) is 0 Å². The van der Waals surface area contributed by atoms with E-state index in [0.29, 0.717) is 19.5 Å². The van der Waals surface area contributed by atoms with Crippen molar-refractivity contribution in [3.63, 3.8) is 0 Å². The Hall–Kier alpha value is -0.620. The lowest BCUT2D eigenvalue weighted by Gasteiger charge is -2.18. The maximum Gasteiger partial charge on any atom is 0.237 e. The van der Waals surface area contributed by atoms with Gasteiger partial charge in [-0.15, -0.1) is 0 Å². The van der Waals surface area contributed by atoms with Crippen molar-refractivity contribution in [3.8, 4) is 0 Å². The van der Waals surface area contributed by atoms with Crippen molar-refractivity contribution in [3.05, 3.63) is 0 Å². The molecule has 18 heavy (non-hydrogen) atoms. The number of carbonyl (C=O) groups excluding carboxylic acids is 1. The molecule has 6 heteroatoms. The summed E-state index contributed by atoms with van der Waals surface area (Å²) in [5.74, 6) is -0.591. The summed E-state index contributed by atoms with van der Waals surface area (Å²) in [6.45, 7) is 6.69. The Balaban J connectivity index is 4.11. The lowest BCUT2D eigenvalue weighted by atomic mass is 10.2. The summed E-state index contributed by atoms with van der Waals surface area (Å²) in [7, 11) is -3.28. The number of nitrogens with two attached hydrogens (primary N) is 1. The molecule has 0 spiro atoms. The molecule has 0 saturated heterocycles. The van der Waals surface area contributed by atoms with Crippen LogP contribution in [0.4, 0.5) is 0 Å². The van der Waals surface area contributed by atoms with E-state index in [1.54, 1.807) is 4.90 Å². The fourth-order valence-corrected chi connectivity index (χ4v) is 3.06. The average Bonchev–Trinajstić information content (AvgIpc) is 2.25. The molecular weight excluding hydrogens is 252 g/mol. The van der Waals surface area contributed by atoms with Crippen LogP contribution in [0.1, 0.15) is 40.0 Å². The third-order valence-electron chi connectivity index (χ3n) is 2.82. The molecule has 0 aromatic rings. The second-order valence-corrected chi connectivity index (χ2v) is 6.82. The van der Waals surface area contributed by atoms with Gasteiger partial charge in [0.1, 0.15) is 5.75 Å². The van der Waals surface area contributed by atoms with Crippen LogP contribution in [0.3, 0.4) is 0 Å². The quantitative estimate of drug-likeness (QED) is 0.632. The van der Waals surface area contributed by atoms with Crippen LogP contribution < -0.4 is 5.73 Å². The van der Waals surface area contributed by atoms with Gasteiger partial charge < -0.3 is 10.6 Å². The molecule has 5 nitrogen and oxygen atoms in total. The fraction of sp³-hybridized carbons (Fsp3) is 0.917. The highest BCUT2D eigenvalue weighted by molar-refractivity contribution is 7.92. The molecule has 0 aliphatic carbocycles. The van der Waals surface area contributed by atoms with E-state index in [2.05, 4.69) is 0 Å². The van der Waals surface area contributed by atoms with Crippen molar-refractivity contribution < 1.29 is 13.2 Å². The number of rotatable bonds is 9. The number of amides is 1. The van der Waals surface area contributed by atoms with E-state index in [-0.39, 0.29) is 23.5 Å². The maximum absolute atomic E-state index is 11.7. The van der Waals surface area contributed by atoms with Gasteiger partial charge in [0.15, 0.2) is 9.84 Å². The molecule has 1 amide bonds. The molecule has 0 aliphatic rings. The highest BCUT2D eigenvalue weighted by Crippen LogP contribution is 2.04. The molecule has 0 radical (unpaired) electrons. The van der Waals surface area contributed by atoms with Gasteiger partial charge in [-0.25, -0.2) is 8.42 Å². The van der Waals surface area contributed by atoms with E-state index in [9.17, 15) is 13.2 Å². The number of unbranched alkanes of at least 4 members (excludes halogenated alkanes) is 1. The zero-order valence-corrected chi connectivity index (χ0v) is 12.5. The van der Waals surface area contributed by atoms with Crippen LogP contribution >= 0.6 is 0 Å². The lowest BCUT2D eigenvalue weighted by molar-refractivity contribution is -0.128. The van der Waals surface area contributed by atoms with Crippen LogP contribution in [0, 0.1) is 0 Å². The van der Waals surface area contributed by atoms with Gasteiger partial charge in [0.2, 0.25) is 5.91 Å². The summed E-state index contributed by atoms with van der Waals surface area (Å²) < 4.78 is 23.5. The standard InChI is InChI=1S/C12H26N2O3S/c1-4-14(5-2)12(15)10-18(16,17)9-7-6-8-11(3)13/h11H,4-10,13H2,1-3H3. The summed E-state index contributed by atoms with van der Waals surface area (Å²) in [5.41, 5.74) is 5.59. The molecule has 0 fully saturated rings. The van der Waals surface area contributed by atoms with Crippen LogP contribution in [-0.2, 0) is 14.6 Å². The van der Waals surface area contributed by atoms with Gasteiger partial charge in [-0.2, -0.15) is 0 Å². The van der Waals surface area contributed by atoms with Gasteiger partial charge in [-0.3, -0.25) is 4.79 Å². The summed E-state index contributed by atoms with van der Waals surface area (Å²) in [6.07, 6.45) is 2.19. The summed E-state index contributed by atoms with van der Waals surface area (Å²) in [6, 6.07) is 0.102. The Kier molecular flexibility index (Phi) is 8.18. The minimum absolute atomic E-state index is 0.0761. The largest absolute Gasteiger partial charge is 0.342 e. The SMILES string of the molecule is CCN(CC)C(=O)CS(=O)(=O)CCCCC(C)N. The van der Waals surface area contributed by atoms with Crippen LogP contribution in [0.5, 0.6) is 0 Å². The molecule has 0 rings (SSSR count). The predicted molar refractivity (Wildman–Crippen MR) is 74.1 cm³/mol. The summed E-state index contributed by atoms with van der Waals surface area (Å²) >= 11 is 0. The lowest BCUT2D eigenvalue weighted by Crippen LogP contribution is -2.36. The molecule has 2 N–H and O–H groups in total. The fourth-order valence-electron chi connectivity index (χ4n) is 1.72. The van der Waals surface area contributed by atoms with Crippen LogP contribution in [0.2, 0.25) is 0 Å². The van der Waals surface area contributed by atoms with Gasteiger partial charge in [-0.1, -0.05) is 6.42 Å². The number of hydrogen-bond donors (Lipinski definition) is 1. The van der Waals surface area contributed by atoms with Crippen LogP contribution in [-0.4, -0.2) is 49.9 Å². The molecule has 0 aromatic carbocycles. The smallest absolute Gasteiger partial charge is 0.237 e. The van der Waals surface area contributed by atoms with Crippen molar-refractivity contribution in [2.45, 2.75) is 46.1 Å². The van der Waals surface area contributed by atoms with E-state index in [1.807, 2.05) is 20.8 Å². The number of nitrogens with zero attached hydrogens (tertiary/aromatic N) is 1. The molecule has 1 unspecified atom stereocenters. The summed E-state index contributed by atoms with van der Waals surface area (Å²) in [5, 5.41) is 0. The molecule has 0 aliphatic heterocycles. The predicted octanol–water partition coefficient (Wildman–Crippen LogP) is 0.787. The minimum atomic E-state index is -3.28. The molecule has 0 saturated carbocycles. The van der Waals surface area contributed by atoms with Crippen LogP contribution in [0.25, 0.3) is 0 Å². The third-order valence-corrected chi connectivity index (χ3v) is 4.42. The Labute approximate surface area is 111 Å². The Morgan fingerprint density at radius 2 is 1.78 bits per heavy atom. The van der Waals surface area contributed by atoms with Gasteiger partial charge in [0, 0.05) is 19.1 Å². The highest BCUT2D eigenvalue weighted by Gasteiger charge is 2.19. The highest BCUT2D eigenvalue weighted by atomic mass is 32.2. The first-order valence-electron chi connectivity index (χ1n) is 6.56. The zero-order valence-electron chi connectivity index (χ0n) is 11.7. The topological polar surface area (TPSA) is 80.5 Å². The van der Waals surface area contributed by atoms with Crippen molar-refractivity contribution in [2.75, 3.05) is 24.6 Å². The monoisotopic (exact) mass is 278 g/mol. The van der Waals surface area contributed by atoms with E-state index in [4.69, 9.17) is 5.73 Å².